The van der Waals surface area contributed by atoms with Crippen molar-refractivity contribution in [2.24, 2.45) is 0 Å². The first-order valence-electron chi connectivity index (χ1n) is 7.94. The van der Waals surface area contributed by atoms with Crippen LogP contribution in [0.1, 0.15) is 31.9 Å². The zero-order chi connectivity index (χ0) is 17.2. The highest BCUT2D eigenvalue weighted by atomic mass is 32.1. The summed E-state index contributed by atoms with van der Waals surface area (Å²) < 4.78 is 5.42. The number of hydrogen-bond donors (Lipinski definition) is 2. The molecule has 1 aromatic rings. The van der Waals surface area contributed by atoms with E-state index < -0.39 is 5.60 Å². The fourth-order valence-corrected chi connectivity index (χ4v) is 2.89. The molecule has 1 aromatic carbocycles. The summed E-state index contributed by atoms with van der Waals surface area (Å²) in [6.07, 6.45) is -0.227. The molecule has 0 spiro atoms. The third-order valence-corrected chi connectivity index (χ3v) is 4.39. The highest BCUT2D eigenvalue weighted by Gasteiger charge is 2.26. The summed E-state index contributed by atoms with van der Waals surface area (Å²) in [5.74, 6) is 0. The van der Waals surface area contributed by atoms with E-state index in [0.29, 0.717) is 13.1 Å². The molecule has 1 saturated heterocycles. The lowest BCUT2D eigenvalue weighted by Crippen LogP contribution is -2.49. The summed E-state index contributed by atoms with van der Waals surface area (Å²) in [6.45, 7) is 11.6. The number of amides is 1. The number of thiol groups is 1. The summed E-state index contributed by atoms with van der Waals surface area (Å²) in [6, 6.07) is 3.89. The lowest BCUT2D eigenvalue weighted by atomic mass is 10.1. The maximum absolute atomic E-state index is 12.1. The first-order valence-corrected chi connectivity index (χ1v) is 8.38. The molecule has 1 heterocycles. The van der Waals surface area contributed by atoms with Crippen LogP contribution in [0.2, 0.25) is 0 Å². The number of carbonyl (C=O) groups is 1. The SMILES string of the molecule is Cc1c(S)cc(N)cc1CN1CCN(C(=O)OC(C)(C)C)CC1. The molecule has 0 bridgehead atoms. The van der Waals surface area contributed by atoms with Gasteiger partial charge in [-0.1, -0.05) is 0 Å². The molecule has 128 valence electrons. The monoisotopic (exact) mass is 337 g/mol. The Morgan fingerprint density at radius 3 is 2.43 bits per heavy atom. The van der Waals surface area contributed by atoms with E-state index in [1.165, 1.54) is 5.56 Å². The van der Waals surface area contributed by atoms with Gasteiger partial charge in [0.2, 0.25) is 0 Å². The topological polar surface area (TPSA) is 58.8 Å². The zero-order valence-corrected chi connectivity index (χ0v) is 15.3. The molecule has 6 heteroatoms. The van der Waals surface area contributed by atoms with Crippen LogP contribution in [0.15, 0.2) is 17.0 Å². The maximum atomic E-state index is 12.1. The van der Waals surface area contributed by atoms with Crippen LogP contribution in [-0.2, 0) is 11.3 Å². The molecule has 1 amide bonds. The number of rotatable bonds is 2. The first kappa shape index (κ1) is 17.9. The Hall–Kier alpha value is -1.40. The van der Waals surface area contributed by atoms with Crippen LogP contribution in [0.5, 0.6) is 0 Å². The van der Waals surface area contributed by atoms with Crippen LogP contribution in [0.3, 0.4) is 0 Å². The van der Waals surface area contributed by atoms with Gasteiger partial charge in [0, 0.05) is 43.3 Å². The third kappa shape index (κ3) is 5.04. The van der Waals surface area contributed by atoms with E-state index in [9.17, 15) is 4.79 Å². The average Bonchev–Trinajstić information content (AvgIpc) is 2.43. The lowest BCUT2D eigenvalue weighted by Gasteiger charge is -2.35. The van der Waals surface area contributed by atoms with Gasteiger partial charge in [-0.15, -0.1) is 12.6 Å². The van der Waals surface area contributed by atoms with Gasteiger partial charge in [-0.2, -0.15) is 0 Å². The molecular formula is C17H27N3O2S. The first-order chi connectivity index (χ1) is 10.7. The van der Waals surface area contributed by atoms with Crippen molar-refractivity contribution in [3.8, 4) is 0 Å². The molecule has 0 saturated carbocycles. The quantitative estimate of drug-likeness (QED) is 0.643. The van der Waals surface area contributed by atoms with E-state index in [4.69, 9.17) is 10.5 Å². The van der Waals surface area contributed by atoms with Crippen molar-refractivity contribution in [3.05, 3.63) is 23.3 Å². The molecule has 0 atom stereocenters. The van der Waals surface area contributed by atoms with E-state index in [1.54, 1.807) is 4.90 Å². The number of carbonyl (C=O) groups excluding carboxylic acids is 1. The predicted octanol–water partition coefficient (Wildman–Crippen LogP) is 2.92. The third-order valence-electron chi connectivity index (χ3n) is 3.93. The van der Waals surface area contributed by atoms with Crippen molar-refractivity contribution in [2.75, 3.05) is 31.9 Å². The van der Waals surface area contributed by atoms with Crippen LogP contribution >= 0.6 is 12.6 Å². The Labute approximate surface area is 144 Å². The van der Waals surface area contributed by atoms with Crippen LogP contribution in [0, 0.1) is 6.92 Å². The van der Waals surface area contributed by atoms with Crippen molar-refractivity contribution in [3.63, 3.8) is 0 Å². The fourth-order valence-electron chi connectivity index (χ4n) is 2.60. The second-order valence-electron chi connectivity index (χ2n) is 7.07. The van der Waals surface area contributed by atoms with Crippen LogP contribution in [-0.4, -0.2) is 47.7 Å². The largest absolute Gasteiger partial charge is 0.444 e. The molecule has 5 nitrogen and oxygen atoms in total. The van der Waals surface area contributed by atoms with Gasteiger partial charge in [0.15, 0.2) is 0 Å². The Morgan fingerprint density at radius 2 is 1.87 bits per heavy atom. The minimum Gasteiger partial charge on any atom is -0.444 e. The van der Waals surface area contributed by atoms with E-state index in [1.807, 2.05) is 32.9 Å². The maximum Gasteiger partial charge on any atom is 0.410 e. The number of hydrogen-bond acceptors (Lipinski definition) is 5. The molecule has 1 fully saturated rings. The van der Waals surface area contributed by atoms with Crippen molar-refractivity contribution in [1.82, 2.24) is 9.80 Å². The lowest BCUT2D eigenvalue weighted by molar-refractivity contribution is 0.0139. The summed E-state index contributed by atoms with van der Waals surface area (Å²) >= 11 is 4.47. The minimum absolute atomic E-state index is 0.227. The highest BCUT2D eigenvalue weighted by molar-refractivity contribution is 7.80. The van der Waals surface area contributed by atoms with Crippen molar-refractivity contribution in [1.29, 1.82) is 0 Å². The van der Waals surface area contributed by atoms with Gasteiger partial charge in [0.05, 0.1) is 0 Å². The Kier molecular flexibility index (Phi) is 5.47. The van der Waals surface area contributed by atoms with E-state index in [2.05, 4.69) is 24.5 Å². The molecular weight excluding hydrogens is 310 g/mol. The number of piperazine rings is 1. The molecule has 1 aliphatic rings. The summed E-state index contributed by atoms with van der Waals surface area (Å²) in [7, 11) is 0. The van der Waals surface area contributed by atoms with E-state index in [-0.39, 0.29) is 6.09 Å². The van der Waals surface area contributed by atoms with E-state index >= 15 is 0 Å². The summed E-state index contributed by atoms with van der Waals surface area (Å²) in [5.41, 5.74) is 8.57. The molecule has 23 heavy (non-hydrogen) atoms. The normalized spacial score (nSPS) is 16.5. The van der Waals surface area contributed by atoms with Crippen molar-refractivity contribution < 1.29 is 9.53 Å². The van der Waals surface area contributed by atoms with Gasteiger partial charge in [-0.05, 0) is 51.0 Å². The molecule has 0 unspecified atom stereocenters. The number of nitrogens with zero attached hydrogens (tertiary/aromatic N) is 2. The van der Waals surface area contributed by atoms with Crippen LogP contribution in [0.25, 0.3) is 0 Å². The number of benzene rings is 1. The number of anilines is 1. The van der Waals surface area contributed by atoms with Gasteiger partial charge in [0.1, 0.15) is 5.60 Å². The van der Waals surface area contributed by atoms with Gasteiger partial charge in [0.25, 0.3) is 0 Å². The van der Waals surface area contributed by atoms with E-state index in [0.717, 1.165) is 35.8 Å². The molecule has 2 rings (SSSR count). The van der Waals surface area contributed by atoms with Gasteiger partial charge in [-0.25, -0.2) is 4.79 Å². The number of ether oxygens (including phenoxy) is 1. The smallest absolute Gasteiger partial charge is 0.410 e. The predicted molar refractivity (Wildman–Crippen MR) is 95.9 cm³/mol. The van der Waals surface area contributed by atoms with Gasteiger partial charge >= 0.3 is 6.09 Å². The standard InChI is InChI=1S/C17H27N3O2S/c1-12-13(9-14(18)10-15(12)23)11-19-5-7-20(8-6-19)16(21)22-17(2,3)4/h9-10,23H,5-8,11,18H2,1-4H3. The summed E-state index contributed by atoms with van der Waals surface area (Å²) in [4.78, 5) is 17.1. The second kappa shape index (κ2) is 7.01. The average molecular weight is 337 g/mol. The van der Waals surface area contributed by atoms with Crippen molar-refractivity contribution >= 4 is 24.4 Å². The van der Waals surface area contributed by atoms with Crippen LogP contribution in [0.4, 0.5) is 10.5 Å². The molecule has 1 aliphatic heterocycles. The van der Waals surface area contributed by atoms with Crippen molar-refractivity contribution in [2.45, 2.75) is 44.7 Å². The zero-order valence-electron chi connectivity index (χ0n) is 14.4. The molecule has 0 radical (unpaired) electrons. The highest BCUT2D eigenvalue weighted by Crippen LogP contribution is 2.23. The van der Waals surface area contributed by atoms with Gasteiger partial charge in [-0.3, -0.25) is 4.90 Å². The fraction of sp³-hybridized carbons (Fsp3) is 0.588. The molecule has 0 aliphatic carbocycles. The Bertz CT molecular complexity index is 576. The van der Waals surface area contributed by atoms with Crippen LogP contribution < -0.4 is 5.73 Å². The molecule has 2 N–H and O–H groups in total. The Morgan fingerprint density at radius 1 is 1.26 bits per heavy atom. The second-order valence-corrected chi connectivity index (χ2v) is 7.55. The number of nitrogens with two attached hydrogens (primary N) is 1. The minimum atomic E-state index is -0.449. The van der Waals surface area contributed by atoms with Gasteiger partial charge < -0.3 is 15.4 Å². The Balaban J connectivity index is 1.92. The summed E-state index contributed by atoms with van der Waals surface area (Å²) in [5, 5.41) is 0. The number of nitrogen functional groups attached to an aromatic ring is 1. The molecule has 0 aromatic heterocycles.